The smallest absolute Gasteiger partial charge is 0.217 e. The lowest BCUT2D eigenvalue weighted by Crippen LogP contribution is -2.42. The first-order valence-corrected chi connectivity index (χ1v) is 8.33. The summed E-state index contributed by atoms with van der Waals surface area (Å²) in [6, 6.07) is 6.61. The maximum Gasteiger partial charge on any atom is 0.217 e. The van der Waals surface area contributed by atoms with Crippen LogP contribution >= 0.6 is 0 Å². The van der Waals surface area contributed by atoms with Gasteiger partial charge in [0, 0.05) is 18.5 Å². The molecule has 0 bridgehead atoms. The van der Waals surface area contributed by atoms with Gasteiger partial charge in [0.2, 0.25) is 5.91 Å². The number of nitrogens with one attached hydrogen (secondary N) is 1. The third kappa shape index (κ3) is 2.60. The minimum atomic E-state index is 0.0360. The van der Waals surface area contributed by atoms with Crippen molar-refractivity contribution in [1.82, 2.24) is 5.32 Å². The number of ether oxygens (including phenoxy) is 1. The summed E-state index contributed by atoms with van der Waals surface area (Å²) in [6.07, 6.45) is 5.19. The number of hydrogen-bond donors (Lipinski definition) is 2. The molecule has 1 spiro atoms. The van der Waals surface area contributed by atoms with Gasteiger partial charge in [-0.25, -0.2) is 0 Å². The normalized spacial score (nSPS) is 30.1. The molecular formula is C18H26N2O2. The Morgan fingerprint density at radius 1 is 1.41 bits per heavy atom. The molecule has 22 heavy (non-hydrogen) atoms. The minimum Gasteiger partial charge on any atom is -0.494 e. The van der Waals surface area contributed by atoms with E-state index in [1.807, 2.05) is 19.1 Å². The van der Waals surface area contributed by atoms with E-state index in [-0.39, 0.29) is 17.4 Å². The quantitative estimate of drug-likeness (QED) is 0.902. The molecule has 1 aromatic carbocycles. The summed E-state index contributed by atoms with van der Waals surface area (Å²) in [5.74, 6) is 1.01. The Morgan fingerprint density at radius 2 is 2.14 bits per heavy atom. The Bertz CT molecular complexity index is 562. The van der Waals surface area contributed by atoms with Crippen molar-refractivity contribution in [1.29, 1.82) is 0 Å². The average molecular weight is 302 g/mol. The van der Waals surface area contributed by atoms with Gasteiger partial charge in [-0.2, -0.15) is 0 Å². The second-order valence-corrected chi connectivity index (χ2v) is 6.77. The molecule has 4 nitrogen and oxygen atoms in total. The summed E-state index contributed by atoms with van der Waals surface area (Å²) in [7, 11) is 0. The van der Waals surface area contributed by atoms with Crippen LogP contribution in [0, 0.1) is 5.41 Å². The topological polar surface area (TPSA) is 64.3 Å². The van der Waals surface area contributed by atoms with E-state index in [2.05, 4.69) is 11.4 Å². The highest BCUT2D eigenvalue weighted by molar-refractivity contribution is 5.74. The van der Waals surface area contributed by atoms with Crippen molar-refractivity contribution < 1.29 is 9.53 Å². The van der Waals surface area contributed by atoms with Crippen LogP contribution in [0.3, 0.4) is 0 Å². The summed E-state index contributed by atoms with van der Waals surface area (Å²) in [5.41, 5.74) is 8.72. The van der Waals surface area contributed by atoms with Crippen LogP contribution in [-0.4, -0.2) is 18.6 Å². The first-order valence-electron chi connectivity index (χ1n) is 8.33. The van der Waals surface area contributed by atoms with Gasteiger partial charge in [-0.3, -0.25) is 4.79 Å². The molecule has 1 atom stereocenters. The van der Waals surface area contributed by atoms with E-state index in [1.54, 1.807) is 6.92 Å². The molecule has 3 N–H and O–H groups in total. The molecule has 1 saturated carbocycles. The number of benzene rings is 1. The maximum absolute atomic E-state index is 11.7. The van der Waals surface area contributed by atoms with Crippen molar-refractivity contribution in [2.45, 2.75) is 58.0 Å². The molecule has 1 aromatic rings. The highest BCUT2D eigenvalue weighted by atomic mass is 16.5. The lowest BCUT2D eigenvalue weighted by molar-refractivity contribution is -0.120. The number of fused-ring (bicyclic) bond motifs is 1. The fourth-order valence-corrected chi connectivity index (χ4v) is 4.23. The van der Waals surface area contributed by atoms with Crippen LogP contribution in [0.25, 0.3) is 0 Å². The molecule has 0 aromatic heterocycles. The van der Waals surface area contributed by atoms with Crippen LogP contribution in [0.1, 0.15) is 56.7 Å². The van der Waals surface area contributed by atoms with E-state index in [0.717, 1.165) is 37.9 Å². The van der Waals surface area contributed by atoms with E-state index in [0.29, 0.717) is 12.6 Å². The molecule has 0 saturated heterocycles. The highest BCUT2D eigenvalue weighted by Gasteiger charge is 2.48. The average Bonchev–Trinajstić information content (AvgIpc) is 2.78. The van der Waals surface area contributed by atoms with Gasteiger partial charge in [0.1, 0.15) is 5.75 Å². The lowest BCUT2D eigenvalue weighted by Gasteiger charge is -2.41. The zero-order chi connectivity index (χ0) is 15.7. The SMILES string of the molecule is CCOc1cccc2c1CC1(CCC(N)CC1)C2NC(C)=O. The van der Waals surface area contributed by atoms with Gasteiger partial charge in [-0.1, -0.05) is 12.1 Å². The van der Waals surface area contributed by atoms with E-state index >= 15 is 0 Å². The lowest BCUT2D eigenvalue weighted by atomic mass is 9.68. The predicted molar refractivity (Wildman–Crippen MR) is 86.7 cm³/mol. The molecule has 0 radical (unpaired) electrons. The molecule has 1 unspecified atom stereocenters. The molecule has 4 heteroatoms. The monoisotopic (exact) mass is 302 g/mol. The van der Waals surface area contributed by atoms with Crippen molar-refractivity contribution in [3.8, 4) is 5.75 Å². The van der Waals surface area contributed by atoms with Gasteiger partial charge >= 0.3 is 0 Å². The van der Waals surface area contributed by atoms with Gasteiger partial charge in [0.25, 0.3) is 0 Å². The molecule has 0 aliphatic heterocycles. The minimum absolute atomic E-state index is 0.0360. The molecule has 2 aliphatic carbocycles. The number of amides is 1. The van der Waals surface area contributed by atoms with Gasteiger partial charge in [-0.15, -0.1) is 0 Å². The van der Waals surface area contributed by atoms with Crippen molar-refractivity contribution in [3.05, 3.63) is 29.3 Å². The molecule has 3 rings (SSSR count). The third-order valence-electron chi connectivity index (χ3n) is 5.29. The third-order valence-corrected chi connectivity index (χ3v) is 5.29. The molecule has 1 amide bonds. The summed E-state index contributed by atoms with van der Waals surface area (Å²) < 4.78 is 5.82. The Hall–Kier alpha value is -1.55. The predicted octanol–water partition coefficient (Wildman–Crippen LogP) is 2.71. The second-order valence-electron chi connectivity index (χ2n) is 6.77. The van der Waals surface area contributed by atoms with E-state index < -0.39 is 0 Å². The maximum atomic E-state index is 11.7. The zero-order valence-electron chi connectivity index (χ0n) is 13.5. The summed E-state index contributed by atoms with van der Waals surface area (Å²) >= 11 is 0. The Morgan fingerprint density at radius 3 is 2.77 bits per heavy atom. The fourth-order valence-electron chi connectivity index (χ4n) is 4.23. The number of carbonyl (C=O) groups is 1. The zero-order valence-corrected chi connectivity index (χ0v) is 13.5. The van der Waals surface area contributed by atoms with Crippen LogP contribution in [-0.2, 0) is 11.2 Å². The van der Waals surface area contributed by atoms with E-state index in [1.165, 1.54) is 11.1 Å². The number of rotatable bonds is 3. The molecule has 120 valence electrons. The van der Waals surface area contributed by atoms with Gasteiger partial charge in [-0.05, 0) is 56.1 Å². The van der Waals surface area contributed by atoms with Crippen LogP contribution in [0.5, 0.6) is 5.75 Å². The molecular weight excluding hydrogens is 276 g/mol. The van der Waals surface area contributed by atoms with E-state index in [4.69, 9.17) is 10.5 Å². The van der Waals surface area contributed by atoms with Crippen molar-refractivity contribution in [3.63, 3.8) is 0 Å². The Balaban J connectivity index is 1.99. The largest absolute Gasteiger partial charge is 0.494 e. The Kier molecular flexibility index (Phi) is 4.13. The molecule has 2 aliphatic rings. The standard InChI is InChI=1S/C18H26N2O2/c1-3-22-16-6-4-5-14-15(16)11-18(17(14)20-12(2)21)9-7-13(19)8-10-18/h4-6,13,17H,3,7-11,19H2,1-2H3,(H,20,21). The van der Waals surface area contributed by atoms with Crippen molar-refractivity contribution >= 4 is 5.91 Å². The summed E-state index contributed by atoms with van der Waals surface area (Å²) in [6.45, 7) is 4.28. The van der Waals surface area contributed by atoms with Gasteiger partial charge in [0.05, 0.1) is 12.6 Å². The second kappa shape index (κ2) is 5.92. The van der Waals surface area contributed by atoms with Crippen molar-refractivity contribution in [2.75, 3.05) is 6.61 Å². The van der Waals surface area contributed by atoms with Crippen LogP contribution in [0.2, 0.25) is 0 Å². The van der Waals surface area contributed by atoms with Gasteiger partial charge < -0.3 is 15.8 Å². The Labute approximate surface area is 132 Å². The van der Waals surface area contributed by atoms with E-state index in [9.17, 15) is 4.79 Å². The first kappa shape index (κ1) is 15.3. The highest BCUT2D eigenvalue weighted by Crippen LogP contribution is 2.55. The van der Waals surface area contributed by atoms with Crippen LogP contribution < -0.4 is 15.8 Å². The first-order chi connectivity index (χ1) is 10.6. The fraction of sp³-hybridized carbons (Fsp3) is 0.611. The number of nitrogens with two attached hydrogens (primary N) is 1. The summed E-state index contributed by atoms with van der Waals surface area (Å²) in [5, 5.41) is 3.21. The van der Waals surface area contributed by atoms with Crippen LogP contribution in [0.4, 0.5) is 0 Å². The molecule has 0 heterocycles. The number of carbonyl (C=O) groups excluding carboxylic acids is 1. The van der Waals surface area contributed by atoms with Crippen LogP contribution in [0.15, 0.2) is 18.2 Å². The summed E-state index contributed by atoms with van der Waals surface area (Å²) in [4.78, 5) is 11.7. The van der Waals surface area contributed by atoms with Gasteiger partial charge in [0.15, 0.2) is 0 Å². The molecule has 1 fully saturated rings. The number of hydrogen-bond acceptors (Lipinski definition) is 3. The van der Waals surface area contributed by atoms with Crippen molar-refractivity contribution in [2.24, 2.45) is 11.1 Å².